The Bertz CT molecular complexity index is 1120. The number of rotatable bonds is 7. The molecule has 3 rings (SSSR count). The molecule has 0 aromatic heterocycles. The van der Waals surface area contributed by atoms with Gasteiger partial charge in [0.15, 0.2) is 6.61 Å². The zero-order valence-electron chi connectivity index (χ0n) is 18.3. The lowest BCUT2D eigenvalue weighted by Gasteiger charge is -2.21. The zero-order valence-corrected chi connectivity index (χ0v) is 19.9. The molecule has 10 heteroatoms. The number of hydrogen-bond donors (Lipinski definition) is 0. The second-order valence-corrected chi connectivity index (χ2v) is 10.2. The summed E-state index contributed by atoms with van der Waals surface area (Å²) in [5.41, 5.74) is 0.576. The molecule has 178 valence electrons. The van der Waals surface area contributed by atoms with Crippen LogP contribution in [-0.2, 0) is 26.1 Å². The summed E-state index contributed by atoms with van der Waals surface area (Å²) in [4.78, 5) is 26.0. The molecule has 1 saturated heterocycles. The number of nitrogens with zero attached hydrogens (tertiary/aromatic N) is 2. The topological polar surface area (TPSA) is 84.0 Å². The highest BCUT2D eigenvalue weighted by Crippen LogP contribution is 2.28. The third kappa shape index (κ3) is 6.52. The number of amides is 1. The van der Waals surface area contributed by atoms with Crippen LogP contribution in [0.4, 0.5) is 4.39 Å². The first-order valence-corrected chi connectivity index (χ1v) is 12.5. The van der Waals surface area contributed by atoms with Gasteiger partial charge in [0.2, 0.25) is 10.0 Å². The second-order valence-electron chi connectivity index (χ2n) is 7.92. The molecule has 1 aliphatic heterocycles. The number of benzene rings is 2. The molecule has 33 heavy (non-hydrogen) atoms. The van der Waals surface area contributed by atoms with E-state index in [0.29, 0.717) is 18.7 Å². The third-order valence-electron chi connectivity index (χ3n) is 5.41. The summed E-state index contributed by atoms with van der Waals surface area (Å²) in [5.74, 6) is -1.74. The first-order valence-electron chi connectivity index (χ1n) is 10.6. The molecule has 1 heterocycles. The molecule has 0 N–H and O–H groups in total. The summed E-state index contributed by atoms with van der Waals surface area (Å²) in [5, 5.41) is 0.0155. The van der Waals surface area contributed by atoms with Gasteiger partial charge in [-0.1, -0.05) is 36.6 Å². The van der Waals surface area contributed by atoms with E-state index in [4.69, 9.17) is 16.3 Å². The lowest BCUT2D eigenvalue weighted by atomic mass is 10.2. The Kier molecular flexibility index (Phi) is 8.45. The van der Waals surface area contributed by atoms with Crippen molar-refractivity contribution in [1.29, 1.82) is 0 Å². The number of carbonyl (C=O) groups is 2. The largest absolute Gasteiger partial charge is 0.452 e. The monoisotopic (exact) mass is 496 g/mol. The molecule has 1 amide bonds. The zero-order chi connectivity index (χ0) is 24.0. The van der Waals surface area contributed by atoms with Gasteiger partial charge in [-0.3, -0.25) is 4.79 Å². The fraction of sp³-hybridized carbons (Fsp3) is 0.391. The van der Waals surface area contributed by atoms with E-state index in [1.165, 1.54) is 46.6 Å². The second kappa shape index (κ2) is 11.1. The summed E-state index contributed by atoms with van der Waals surface area (Å²) >= 11 is 6.16. The Morgan fingerprint density at radius 1 is 1.09 bits per heavy atom. The Morgan fingerprint density at radius 2 is 1.79 bits per heavy atom. The van der Waals surface area contributed by atoms with Gasteiger partial charge >= 0.3 is 5.97 Å². The normalized spacial score (nSPS) is 15.0. The van der Waals surface area contributed by atoms with Gasteiger partial charge < -0.3 is 9.64 Å². The van der Waals surface area contributed by atoms with Crippen molar-refractivity contribution >= 4 is 33.5 Å². The maximum absolute atomic E-state index is 13.3. The maximum atomic E-state index is 13.3. The molecule has 0 atom stereocenters. The quantitative estimate of drug-likeness (QED) is 0.543. The molecule has 0 spiro atoms. The van der Waals surface area contributed by atoms with Gasteiger partial charge in [-0.2, -0.15) is 4.31 Å². The van der Waals surface area contributed by atoms with E-state index in [0.717, 1.165) is 25.7 Å². The van der Waals surface area contributed by atoms with Crippen LogP contribution in [0.15, 0.2) is 47.4 Å². The van der Waals surface area contributed by atoms with Crippen molar-refractivity contribution in [1.82, 2.24) is 9.21 Å². The molecule has 0 unspecified atom stereocenters. The van der Waals surface area contributed by atoms with Gasteiger partial charge in [-0.15, -0.1) is 0 Å². The molecule has 0 saturated carbocycles. The lowest BCUT2D eigenvalue weighted by Crippen LogP contribution is -2.32. The highest BCUT2D eigenvalue weighted by atomic mass is 35.5. The minimum atomic E-state index is -3.87. The average Bonchev–Trinajstić information content (AvgIpc) is 3.07. The van der Waals surface area contributed by atoms with Crippen LogP contribution in [0.25, 0.3) is 0 Å². The van der Waals surface area contributed by atoms with Crippen molar-refractivity contribution in [2.24, 2.45) is 0 Å². The first kappa shape index (κ1) is 25.1. The van der Waals surface area contributed by atoms with Gasteiger partial charge in [0.1, 0.15) is 10.7 Å². The van der Waals surface area contributed by atoms with Crippen LogP contribution in [0, 0.1) is 5.82 Å². The fourth-order valence-electron chi connectivity index (χ4n) is 3.57. The lowest BCUT2D eigenvalue weighted by molar-refractivity contribution is -0.133. The van der Waals surface area contributed by atoms with E-state index < -0.39 is 34.3 Å². The van der Waals surface area contributed by atoms with E-state index in [-0.39, 0.29) is 22.0 Å². The van der Waals surface area contributed by atoms with Crippen LogP contribution in [0.2, 0.25) is 5.02 Å². The molecule has 0 aliphatic carbocycles. The Morgan fingerprint density at radius 3 is 2.45 bits per heavy atom. The predicted molar refractivity (Wildman–Crippen MR) is 122 cm³/mol. The van der Waals surface area contributed by atoms with Gasteiger partial charge in [0.25, 0.3) is 5.91 Å². The van der Waals surface area contributed by atoms with Gasteiger partial charge in [-0.05, 0) is 48.7 Å². The summed E-state index contributed by atoms with van der Waals surface area (Å²) in [6, 6.07) is 9.72. The molecule has 0 bridgehead atoms. The van der Waals surface area contributed by atoms with Crippen molar-refractivity contribution in [2.75, 3.05) is 26.7 Å². The van der Waals surface area contributed by atoms with Crippen LogP contribution in [-0.4, -0.2) is 56.2 Å². The van der Waals surface area contributed by atoms with Crippen LogP contribution < -0.4 is 0 Å². The van der Waals surface area contributed by atoms with Crippen molar-refractivity contribution in [3.63, 3.8) is 0 Å². The van der Waals surface area contributed by atoms with Crippen molar-refractivity contribution in [3.05, 3.63) is 64.4 Å². The molecule has 0 radical (unpaired) electrons. The molecule has 7 nitrogen and oxygen atoms in total. The average molecular weight is 497 g/mol. The Hall–Kier alpha value is -2.49. The van der Waals surface area contributed by atoms with Crippen molar-refractivity contribution in [3.8, 4) is 0 Å². The van der Waals surface area contributed by atoms with E-state index in [1.54, 1.807) is 12.1 Å². The standard InChI is InChI=1S/C23H26ClFN2O5S/c1-26(15-17-7-6-8-19(25)13-17)22(28)16-32-23(29)18-9-10-20(24)21(14-18)33(30,31)27-11-4-2-3-5-12-27/h6-10,13-14H,2-5,11-12,15-16H2,1H3. The SMILES string of the molecule is CN(Cc1cccc(F)c1)C(=O)COC(=O)c1ccc(Cl)c(S(=O)(=O)N2CCCCCC2)c1. The summed E-state index contributed by atoms with van der Waals surface area (Å²) in [6.45, 7) is 0.410. The summed E-state index contributed by atoms with van der Waals surface area (Å²) < 4.78 is 46.0. The van der Waals surface area contributed by atoms with Crippen LogP contribution >= 0.6 is 11.6 Å². The van der Waals surface area contributed by atoms with E-state index in [1.807, 2.05) is 0 Å². The highest BCUT2D eigenvalue weighted by molar-refractivity contribution is 7.89. The van der Waals surface area contributed by atoms with E-state index in [2.05, 4.69) is 0 Å². The van der Waals surface area contributed by atoms with Crippen LogP contribution in [0.3, 0.4) is 0 Å². The Balaban J connectivity index is 1.66. The number of esters is 1. The van der Waals surface area contributed by atoms with E-state index >= 15 is 0 Å². The van der Waals surface area contributed by atoms with Crippen LogP contribution in [0.5, 0.6) is 0 Å². The third-order valence-corrected chi connectivity index (χ3v) is 7.79. The molecule has 2 aromatic carbocycles. The number of likely N-dealkylation sites (N-methyl/N-ethyl adjacent to an activating group) is 1. The number of carbonyl (C=O) groups excluding carboxylic acids is 2. The minimum Gasteiger partial charge on any atom is -0.452 e. The molecular weight excluding hydrogens is 471 g/mol. The van der Waals surface area contributed by atoms with E-state index in [9.17, 15) is 22.4 Å². The molecule has 2 aromatic rings. The fourth-order valence-corrected chi connectivity index (χ4v) is 5.58. The Labute approximate surface area is 198 Å². The van der Waals surface area contributed by atoms with Gasteiger partial charge in [0, 0.05) is 26.7 Å². The van der Waals surface area contributed by atoms with Crippen molar-refractivity contribution < 1.29 is 27.1 Å². The first-order chi connectivity index (χ1) is 15.7. The number of halogens is 2. The minimum absolute atomic E-state index is 0.0155. The van der Waals surface area contributed by atoms with Gasteiger partial charge in [-0.25, -0.2) is 17.6 Å². The molecule has 1 fully saturated rings. The van der Waals surface area contributed by atoms with Crippen LogP contribution in [0.1, 0.15) is 41.6 Å². The molecule has 1 aliphatic rings. The predicted octanol–water partition coefficient (Wildman–Crippen LogP) is 3.86. The van der Waals surface area contributed by atoms with Crippen molar-refractivity contribution in [2.45, 2.75) is 37.1 Å². The maximum Gasteiger partial charge on any atom is 0.338 e. The highest BCUT2D eigenvalue weighted by Gasteiger charge is 2.28. The van der Waals surface area contributed by atoms with Gasteiger partial charge in [0.05, 0.1) is 10.6 Å². The number of hydrogen-bond acceptors (Lipinski definition) is 5. The number of ether oxygens (including phenoxy) is 1. The summed E-state index contributed by atoms with van der Waals surface area (Å²) in [7, 11) is -2.36. The number of sulfonamides is 1. The smallest absolute Gasteiger partial charge is 0.338 e. The molecular formula is C23H26ClFN2O5S. The summed E-state index contributed by atoms with van der Waals surface area (Å²) in [6.07, 6.45) is 3.47.